The first kappa shape index (κ1) is 29.2. The Hall–Kier alpha value is -4.80. The van der Waals surface area contributed by atoms with Gasteiger partial charge in [0.05, 0.1) is 12.4 Å². The summed E-state index contributed by atoms with van der Waals surface area (Å²) in [6, 6.07) is 15.8. The predicted octanol–water partition coefficient (Wildman–Crippen LogP) is 4.93. The fraction of sp³-hybridized carbons (Fsp3) is 0.333. The van der Waals surface area contributed by atoms with Crippen LogP contribution in [0.1, 0.15) is 47.6 Å². The lowest BCUT2D eigenvalue weighted by Gasteiger charge is -2.21. The van der Waals surface area contributed by atoms with Crippen LogP contribution in [-0.4, -0.2) is 54.8 Å². The molecule has 0 aliphatic rings. The number of amides is 2. The predicted molar refractivity (Wildman–Crippen MR) is 155 cm³/mol. The first-order valence-corrected chi connectivity index (χ1v) is 13.2. The number of anilines is 1. The van der Waals surface area contributed by atoms with Crippen molar-refractivity contribution < 1.29 is 19.1 Å². The van der Waals surface area contributed by atoms with E-state index in [0.29, 0.717) is 16.9 Å². The van der Waals surface area contributed by atoms with Gasteiger partial charge in [-0.3, -0.25) is 9.59 Å². The van der Waals surface area contributed by atoms with E-state index in [0.717, 1.165) is 15.8 Å². The summed E-state index contributed by atoms with van der Waals surface area (Å²) in [7, 11) is 0. The minimum atomic E-state index is -0.849. The Morgan fingerprint density at radius 2 is 1.56 bits per heavy atom. The number of hydrogen-bond acceptors (Lipinski definition) is 7. The highest BCUT2D eigenvalue weighted by atomic mass is 16.6. The molecule has 214 valence electrons. The largest absolute Gasteiger partial charge is 0.442 e. The highest BCUT2D eigenvalue weighted by Gasteiger charge is 2.27. The van der Waals surface area contributed by atoms with Crippen molar-refractivity contribution in [3.63, 3.8) is 0 Å². The van der Waals surface area contributed by atoms with Crippen LogP contribution in [0.3, 0.4) is 0 Å². The van der Waals surface area contributed by atoms with Gasteiger partial charge in [-0.1, -0.05) is 68.4 Å². The quantitative estimate of drug-likeness (QED) is 0.329. The number of nitrogens with zero attached hydrogens (tertiary/aromatic N) is 5. The van der Waals surface area contributed by atoms with Crippen LogP contribution >= 0.6 is 0 Å². The molecule has 0 spiro atoms. The average molecular weight is 558 g/mol. The van der Waals surface area contributed by atoms with Crippen molar-refractivity contribution in [3.8, 4) is 22.4 Å². The summed E-state index contributed by atoms with van der Waals surface area (Å²) in [6.07, 6.45) is 4.28. The standard InChI is InChI=1S/C30H35N7O4/c1-29(2,3)27(39)31-17-25(36-19-24(34-35-36)21-10-8-7-9-11-21)26(38)33-23-14-12-20(13-15-23)22-16-32-37(18-22)28(40)41-30(4,5)6/h7-16,18-19,25H,17H2,1-6H3,(H,31,39)(H,33,38). The van der Waals surface area contributed by atoms with E-state index in [9.17, 15) is 14.4 Å². The molecule has 2 aromatic heterocycles. The van der Waals surface area contributed by atoms with Crippen LogP contribution in [0, 0.1) is 5.41 Å². The minimum Gasteiger partial charge on any atom is -0.442 e. The average Bonchev–Trinajstić information content (AvgIpc) is 3.59. The fourth-order valence-corrected chi connectivity index (χ4v) is 3.78. The Kier molecular flexibility index (Phi) is 8.36. The van der Waals surface area contributed by atoms with Gasteiger partial charge in [-0.15, -0.1) is 5.10 Å². The third-order valence-electron chi connectivity index (χ3n) is 5.99. The van der Waals surface area contributed by atoms with E-state index < -0.39 is 23.2 Å². The van der Waals surface area contributed by atoms with E-state index in [1.54, 1.807) is 72.3 Å². The van der Waals surface area contributed by atoms with Gasteiger partial charge in [-0.2, -0.15) is 9.78 Å². The molecule has 41 heavy (non-hydrogen) atoms. The van der Waals surface area contributed by atoms with Gasteiger partial charge in [-0.25, -0.2) is 9.48 Å². The van der Waals surface area contributed by atoms with Crippen molar-refractivity contribution in [3.05, 3.63) is 73.2 Å². The Morgan fingerprint density at radius 1 is 0.878 bits per heavy atom. The summed E-state index contributed by atoms with van der Waals surface area (Å²) >= 11 is 0. The SMILES string of the molecule is CC(C)(C)OC(=O)n1cc(-c2ccc(NC(=O)C(CNC(=O)C(C)(C)C)n3cc(-c4ccccc4)nn3)cc2)cn1. The molecule has 11 heteroatoms. The highest BCUT2D eigenvalue weighted by Crippen LogP contribution is 2.23. The molecule has 0 saturated heterocycles. The number of benzene rings is 2. The first-order chi connectivity index (χ1) is 19.3. The highest BCUT2D eigenvalue weighted by molar-refractivity contribution is 5.94. The Labute approximate surface area is 238 Å². The Balaban J connectivity index is 1.50. The van der Waals surface area contributed by atoms with E-state index >= 15 is 0 Å². The molecule has 2 amide bonds. The number of carbonyl (C=O) groups is 3. The zero-order valence-electron chi connectivity index (χ0n) is 24.1. The smallest absolute Gasteiger partial charge is 0.435 e. The number of hydrogen-bond donors (Lipinski definition) is 2. The number of rotatable bonds is 7. The molecule has 4 rings (SSSR count). The summed E-state index contributed by atoms with van der Waals surface area (Å²) in [6.45, 7) is 10.8. The molecular weight excluding hydrogens is 522 g/mol. The van der Waals surface area contributed by atoms with Gasteiger partial charge in [-0.05, 0) is 38.5 Å². The van der Waals surface area contributed by atoms with E-state index in [2.05, 4.69) is 26.0 Å². The number of nitrogens with one attached hydrogen (secondary N) is 2. The molecule has 0 radical (unpaired) electrons. The van der Waals surface area contributed by atoms with Crippen LogP contribution in [0.2, 0.25) is 0 Å². The van der Waals surface area contributed by atoms with Crippen molar-refractivity contribution in [1.29, 1.82) is 0 Å². The lowest BCUT2D eigenvalue weighted by Crippen LogP contribution is -2.41. The number of ether oxygens (including phenoxy) is 1. The first-order valence-electron chi connectivity index (χ1n) is 13.2. The fourth-order valence-electron chi connectivity index (χ4n) is 3.78. The third kappa shape index (κ3) is 7.65. The second-order valence-corrected chi connectivity index (χ2v) is 11.6. The van der Waals surface area contributed by atoms with Crippen molar-refractivity contribution in [2.45, 2.75) is 53.2 Å². The lowest BCUT2D eigenvalue weighted by atomic mass is 9.95. The summed E-state index contributed by atoms with van der Waals surface area (Å²) < 4.78 is 7.96. The molecule has 2 N–H and O–H groups in total. The van der Waals surface area contributed by atoms with Crippen molar-refractivity contribution in [2.24, 2.45) is 5.41 Å². The van der Waals surface area contributed by atoms with E-state index in [1.807, 2.05) is 42.5 Å². The molecule has 0 saturated carbocycles. The molecule has 4 aromatic rings. The van der Waals surface area contributed by atoms with Crippen molar-refractivity contribution >= 4 is 23.6 Å². The Bertz CT molecular complexity index is 1510. The van der Waals surface area contributed by atoms with Crippen molar-refractivity contribution in [1.82, 2.24) is 30.1 Å². The maximum atomic E-state index is 13.5. The van der Waals surface area contributed by atoms with E-state index in [1.165, 1.54) is 4.68 Å². The van der Waals surface area contributed by atoms with E-state index in [4.69, 9.17) is 4.74 Å². The third-order valence-corrected chi connectivity index (χ3v) is 5.99. The second-order valence-electron chi connectivity index (χ2n) is 11.6. The molecule has 1 atom stereocenters. The molecular formula is C30H35N7O4. The lowest BCUT2D eigenvalue weighted by molar-refractivity contribution is -0.129. The van der Waals surface area contributed by atoms with Crippen LogP contribution in [-0.2, 0) is 14.3 Å². The maximum absolute atomic E-state index is 13.5. The molecule has 2 heterocycles. The summed E-state index contributed by atoms with van der Waals surface area (Å²) in [5, 5.41) is 18.3. The monoisotopic (exact) mass is 557 g/mol. The molecule has 0 fully saturated rings. The van der Waals surface area contributed by atoms with Gasteiger partial charge in [0, 0.05) is 35.0 Å². The molecule has 0 aliphatic heterocycles. The van der Waals surface area contributed by atoms with Crippen LogP contribution in [0.25, 0.3) is 22.4 Å². The topological polar surface area (TPSA) is 133 Å². The molecule has 0 bridgehead atoms. The Morgan fingerprint density at radius 3 is 2.20 bits per heavy atom. The number of carbonyl (C=O) groups excluding carboxylic acids is 3. The summed E-state index contributed by atoms with van der Waals surface area (Å²) in [4.78, 5) is 38.3. The zero-order valence-corrected chi connectivity index (χ0v) is 24.1. The van der Waals surface area contributed by atoms with Crippen molar-refractivity contribution in [2.75, 3.05) is 11.9 Å². The maximum Gasteiger partial charge on any atom is 0.435 e. The molecule has 11 nitrogen and oxygen atoms in total. The van der Waals surface area contributed by atoms with Crippen LogP contribution in [0.15, 0.2) is 73.2 Å². The van der Waals surface area contributed by atoms with Gasteiger partial charge in [0.1, 0.15) is 17.3 Å². The van der Waals surface area contributed by atoms with Gasteiger partial charge in [0.2, 0.25) is 5.91 Å². The van der Waals surface area contributed by atoms with Crippen LogP contribution in [0.4, 0.5) is 10.5 Å². The normalized spacial score (nSPS) is 12.4. The van der Waals surface area contributed by atoms with Crippen LogP contribution < -0.4 is 10.6 Å². The second kappa shape index (κ2) is 11.7. The van der Waals surface area contributed by atoms with Gasteiger partial charge >= 0.3 is 6.09 Å². The summed E-state index contributed by atoms with van der Waals surface area (Å²) in [5.74, 6) is -0.552. The van der Waals surface area contributed by atoms with Gasteiger partial charge < -0.3 is 15.4 Å². The summed E-state index contributed by atoms with van der Waals surface area (Å²) in [5.41, 5.74) is 2.29. The molecule has 0 aliphatic carbocycles. The van der Waals surface area contributed by atoms with Gasteiger partial charge in [0.15, 0.2) is 0 Å². The molecule has 2 aromatic carbocycles. The van der Waals surface area contributed by atoms with Crippen LogP contribution in [0.5, 0.6) is 0 Å². The van der Waals surface area contributed by atoms with E-state index in [-0.39, 0.29) is 18.4 Å². The molecule has 1 unspecified atom stereocenters. The minimum absolute atomic E-state index is 0.0292. The zero-order chi connectivity index (χ0) is 29.8. The number of aromatic nitrogens is 5. The van der Waals surface area contributed by atoms with Gasteiger partial charge in [0.25, 0.3) is 5.91 Å².